The number of ether oxygens (including phenoxy) is 1. The molecule has 0 aromatic carbocycles. The first-order chi connectivity index (χ1) is 34.9. The van der Waals surface area contributed by atoms with Crippen LogP contribution in [-0.4, -0.2) is 69.4 Å². The standard InChI is InChI=1S/C62H115N2O7P/c1-7-10-13-16-19-22-25-28-30-31-32-33-34-36-39-42-45-48-51-54-61(65)63-59(58-70-72(67,68)69-57-56-64(4,5)6)60(53-50-47-44-41-38-35-27-24-21-18-15-12-9-3)71-62(66)55-52-49-46-43-40-37-29-26-23-20-17-14-11-8-2/h11,14,20,23,28-30,37,50,53,59-60H,7-10,12-13,15-19,21-22,24-27,31-36,38-49,51-52,54-58H2,1-6H3,(H-,63,65,67,68)/b14-11+,23-20+,30-28+,37-29+,53-50-. The van der Waals surface area contributed by atoms with E-state index >= 15 is 0 Å². The largest absolute Gasteiger partial charge is 0.756 e. The van der Waals surface area contributed by atoms with E-state index in [0.29, 0.717) is 23.9 Å². The Labute approximate surface area is 445 Å². The molecule has 1 N–H and O–H groups in total. The van der Waals surface area contributed by atoms with E-state index in [9.17, 15) is 19.0 Å². The van der Waals surface area contributed by atoms with Gasteiger partial charge >= 0.3 is 5.97 Å². The van der Waals surface area contributed by atoms with Crippen LogP contribution >= 0.6 is 7.82 Å². The summed E-state index contributed by atoms with van der Waals surface area (Å²) in [5.41, 5.74) is 0. The fourth-order valence-electron chi connectivity index (χ4n) is 8.53. The van der Waals surface area contributed by atoms with Crippen LogP contribution in [0.4, 0.5) is 0 Å². The second kappa shape index (κ2) is 52.2. The number of esters is 1. The Balaban J connectivity index is 5.32. The SMILES string of the molecule is CC/C=C/C/C=C/C/C=C/CCCCCCC(=O)OC(/C=C\CCCCCCCCCCCCC)C(COP(=O)([O-])OCC[N+](C)(C)C)NC(=O)CCCCCCCCCCC/C=C/CCCCCCCC. The first kappa shape index (κ1) is 69.7. The van der Waals surface area contributed by atoms with Gasteiger partial charge in [0.1, 0.15) is 19.3 Å². The fraction of sp³-hybridized carbons (Fsp3) is 0.806. The summed E-state index contributed by atoms with van der Waals surface area (Å²) in [7, 11) is 1.17. The summed E-state index contributed by atoms with van der Waals surface area (Å²) in [5.74, 6) is -0.565. The van der Waals surface area contributed by atoms with Crippen molar-refractivity contribution < 1.29 is 37.3 Å². The van der Waals surface area contributed by atoms with Crippen LogP contribution < -0.4 is 10.2 Å². The number of unbranched alkanes of at least 4 members (excludes halogenated alkanes) is 30. The minimum atomic E-state index is -4.70. The summed E-state index contributed by atoms with van der Waals surface area (Å²) >= 11 is 0. The molecule has 0 saturated carbocycles. The number of allylic oxidation sites excluding steroid dienone is 9. The number of nitrogens with one attached hydrogen (secondary N) is 1. The number of carbonyl (C=O) groups excluding carboxylic acids is 2. The van der Waals surface area contributed by atoms with Gasteiger partial charge in [-0.3, -0.25) is 14.2 Å². The van der Waals surface area contributed by atoms with Gasteiger partial charge in [0, 0.05) is 12.8 Å². The Hall–Kier alpha value is -2.29. The van der Waals surface area contributed by atoms with Crippen molar-refractivity contribution in [1.29, 1.82) is 0 Å². The Morgan fingerprint density at radius 2 is 0.889 bits per heavy atom. The molecule has 420 valence electrons. The molecular weight excluding hydrogens is 916 g/mol. The highest BCUT2D eigenvalue weighted by Gasteiger charge is 2.27. The minimum Gasteiger partial charge on any atom is -0.756 e. The van der Waals surface area contributed by atoms with Crippen LogP contribution in [0, 0.1) is 0 Å². The summed E-state index contributed by atoms with van der Waals surface area (Å²) in [4.78, 5) is 39.9. The number of phosphoric acid groups is 1. The normalized spacial score (nSPS) is 14.2. The van der Waals surface area contributed by atoms with Gasteiger partial charge in [0.05, 0.1) is 33.8 Å². The quantitative estimate of drug-likeness (QED) is 0.0212. The van der Waals surface area contributed by atoms with Crippen molar-refractivity contribution in [3.05, 3.63) is 60.8 Å². The van der Waals surface area contributed by atoms with Crippen molar-refractivity contribution in [2.24, 2.45) is 0 Å². The summed E-state index contributed by atoms with van der Waals surface area (Å²) in [6.07, 6.45) is 64.7. The predicted octanol–water partition coefficient (Wildman–Crippen LogP) is 17.6. The van der Waals surface area contributed by atoms with Crippen LogP contribution in [0.3, 0.4) is 0 Å². The second-order valence-corrected chi connectivity index (χ2v) is 22.9. The molecule has 0 aromatic heterocycles. The van der Waals surface area contributed by atoms with E-state index in [1.54, 1.807) is 0 Å². The van der Waals surface area contributed by atoms with Crippen molar-refractivity contribution >= 4 is 19.7 Å². The molecule has 10 heteroatoms. The number of hydrogen-bond acceptors (Lipinski definition) is 7. The summed E-state index contributed by atoms with van der Waals surface area (Å²) in [6.45, 7) is 6.72. The van der Waals surface area contributed by atoms with E-state index in [1.807, 2.05) is 33.3 Å². The molecular formula is C62H115N2O7P. The monoisotopic (exact) mass is 1030 g/mol. The Morgan fingerprint density at radius 3 is 1.35 bits per heavy atom. The van der Waals surface area contributed by atoms with Gasteiger partial charge < -0.3 is 28.5 Å². The predicted molar refractivity (Wildman–Crippen MR) is 307 cm³/mol. The number of quaternary nitrogens is 1. The third-order valence-corrected chi connectivity index (χ3v) is 14.1. The molecule has 0 radical (unpaired) electrons. The maximum absolute atomic E-state index is 13.5. The van der Waals surface area contributed by atoms with Gasteiger partial charge in [-0.2, -0.15) is 0 Å². The van der Waals surface area contributed by atoms with Crippen LogP contribution in [0.1, 0.15) is 271 Å². The van der Waals surface area contributed by atoms with Gasteiger partial charge in [0.25, 0.3) is 7.82 Å². The van der Waals surface area contributed by atoms with Crippen molar-refractivity contribution in [3.8, 4) is 0 Å². The molecule has 0 fully saturated rings. The molecule has 0 aromatic rings. The van der Waals surface area contributed by atoms with Gasteiger partial charge in [-0.1, -0.05) is 230 Å². The molecule has 3 atom stereocenters. The number of likely N-dealkylation sites (N-methyl/N-ethyl adjacent to an activating group) is 1. The van der Waals surface area contributed by atoms with E-state index < -0.39 is 26.6 Å². The molecule has 0 rings (SSSR count). The molecule has 0 aliphatic carbocycles. The number of amides is 1. The zero-order valence-electron chi connectivity index (χ0n) is 47.9. The number of nitrogens with zero attached hydrogens (tertiary/aromatic N) is 1. The lowest BCUT2D eigenvalue weighted by molar-refractivity contribution is -0.870. The Bertz CT molecular complexity index is 1420. The highest BCUT2D eigenvalue weighted by Crippen LogP contribution is 2.38. The van der Waals surface area contributed by atoms with E-state index in [-0.39, 0.29) is 24.9 Å². The Kier molecular flexibility index (Phi) is 50.5. The zero-order valence-corrected chi connectivity index (χ0v) is 48.8. The average molecular weight is 1030 g/mol. The highest BCUT2D eigenvalue weighted by atomic mass is 31.2. The lowest BCUT2D eigenvalue weighted by atomic mass is 10.0. The van der Waals surface area contributed by atoms with Crippen LogP contribution in [0.5, 0.6) is 0 Å². The molecule has 0 aliphatic rings. The van der Waals surface area contributed by atoms with Gasteiger partial charge in [0.2, 0.25) is 5.91 Å². The van der Waals surface area contributed by atoms with E-state index in [1.165, 1.54) is 141 Å². The molecule has 0 saturated heterocycles. The summed E-state index contributed by atoms with van der Waals surface area (Å²) in [6, 6.07) is -0.899. The first-order valence-electron chi connectivity index (χ1n) is 30.1. The Morgan fingerprint density at radius 1 is 0.500 bits per heavy atom. The molecule has 9 nitrogen and oxygen atoms in total. The third-order valence-electron chi connectivity index (χ3n) is 13.2. The van der Waals surface area contributed by atoms with Crippen LogP contribution in [0.15, 0.2) is 60.8 Å². The average Bonchev–Trinajstić information content (AvgIpc) is 3.34. The summed E-state index contributed by atoms with van der Waals surface area (Å²) in [5, 5.41) is 3.02. The third kappa shape index (κ3) is 52.6. The second-order valence-electron chi connectivity index (χ2n) is 21.5. The maximum Gasteiger partial charge on any atom is 0.306 e. The topological polar surface area (TPSA) is 114 Å². The number of hydrogen-bond donors (Lipinski definition) is 1. The van der Waals surface area contributed by atoms with Crippen molar-refractivity contribution in [3.63, 3.8) is 0 Å². The zero-order chi connectivity index (χ0) is 52.9. The van der Waals surface area contributed by atoms with Crippen molar-refractivity contribution in [1.82, 2.24) is 5.32 Å². The molecule has 0 bridgehead atoms. The molecule has 3 unspecified atom stereocenters. The van der Waals surface area contributed by atoms with Crippen LogP contribution in [0.25, 0.3) is 0 Å². The van der Waals surface area contributed by atoms with Crippen LogP contribution in [-0.2, 0) is 27.9 Å². The van der Waals surface area contributed by atoms with Crippen molar-refractivity contribution in [2.75, 3.05) is 40.9 Å². The molecule has 72 heavy (non-hydrogen) atoms. The minimum absolute atomic E-state index is 0.0274. The fourth-order valence-corrected chi connectivity index (χ4v) is 9.25. The van der Waals surface area contributed by atoms with E-state index in [0.717, 1.165) is 89.9 Å². The number of phosphoric ester groups is 1. The first-order valence-corrected chi connectivity index (χ1v) is 31.6. The summed E-state index contributed by atoms with van der Waals surface area (Å²) < 4.78 is 30.3. The maximum atomic E-state index is 13.5. The molecule has 1 amide bonds. The van der Waals surface area contributed by atoms with Gasteiger partial charge in [-0.05, 0) is 89.5 Å². The number of carbonyl (C=O) groups is 2. The van der Waals surface area contributed by atoms with Crippen LogP contribution in [0.2, 0.25) is 0 Å². The smallest absolute Gasteiger partial charge is 0.306 e. The van der Waals surface area contributed by atoms with Gasteiger partial charge in [-0.15, -0.1) is 0 Å². The molecule has 0 heterocycles. The lowest BCUT2D eigenvalue weighted by Crippen LogP contribution is -2.47. The van der Waals surface area contributed by atoms with Crippen molar-refractivity contribution in [2.45, 2.75) is 283 Å². The van der Waals surface area contributed by atoms with Gasteiger partial charge in [0.15, 0.2) is 0 Å². The molecule has 0 spiro atoms. The van der Waals surface area contributed by atoms with E-state index in [2.05, 4.69) is 74.7 Å². The van der Waals surface area contributed by atoms with E-state index in [4.69, 9.17) is 13.8 Å². The van der Waals surface area contributed by atoms with Gasteiger partial charge in [-0.25, -0.2) is 0 Å². The molecule has 0 aliphatic heterocycles. The number of rotatable bonds is 54. The highest BCUT2D eigenvalue weighted by molar-refractivity contribution is 7.45. The lowest BCUT2D eigenvalue weighted by Gasteiger charge is -2.30.